The first-order valence-corrected chi connectivity index (χ1v) is 6.10. The minimum absolute atomic E-state index is 0.253. The van der Waals surface area contributed by atoms with Crippen LogP contribution in [-0.4, -0.2) is 6.03 Å². The lowest BCUT2D eigenvalue weighted by Crippen LogP contribution is -2.28. The normalized spacial score (nSPS) is 9.95. The summed E-state index contributed by atoms with van der Waals surface area (Å²) in [6.07, 6.45) is 0. The number of hydrogen-bond acceptors (Lipinski definition) is 2. The molecule has 0 bridgehead atoms. The van der Waals surface area contributed by atoms with Crippen LogP contribution in [0.4, 0.5) is 10.5 Å². The van der Waals surface area contributed by atoms with Crippen LogP contribution in [0, 0.1) is 0 Å². The fourth-order valence-electron chi connectivity index (χ4n) is 1.49. The van der Waals surface area contributed by atoms with Crippen LogP contribution in [0.15, 0.2) is 54.6 Å². The molecule has 2 aromatic rings. The zero-order chi connectivity index (χ0) is 13.5. The number of hydroxylamine groups is 1. The Morgan fingerprint density at radius 3 is 2.63 bits per heavy atom. The first-order chi connectivity index (χ1) is 9.24. The van der Waals surface area contributed by atoms with Crippen LogP contribution in [0.25, 0.3) is 0 Å². The van der Waals surface area contributed by atoms with E-state index >= 15 is 0 Å². The molecule has 0 spiro atoms. The molecule has 0 saturated heterocycles. The fourth-order valence-corrected chi connectivity index (χ4v) is 1.70. The second-order valence-corrected chi connectivity index (χ2v) is 4.28. The van der Waals surface area contributed by atoms with Gasteiger partial charge in [-0.2, -0.15) is 0 Å². The molecule has 0 aromatic heterocycles. The standard InChI is InChI=1S/C14H13ClN2O2/c15-12-6-4-5-11(9-12)10-19-17-14(18)16-13-7-2-1-3-8-13/h1-9H,10H2,(H2,16,17,18). The van der Waals surface area contributed by atoms with Crippen LogP contribution in [-0.2, 0) is 11.4 Å². The third-order valence-electron chi connectivity index (χ3n) is 2.32. The Bertz CT molecular complexity index is 546. The lowest BCUT2D eigenvalue weighted by Gasteiger charge is -2.07. The summed E-state index contributed by atoms with van der Waals surface area (Å²) in [5.41, 5.74) is 3.89. The van der Waals surface area contributed by atoms with Gasteiger partial charge in [0, 0.05) is 10.7 Å². The van der Waals surface area contributed by atoms with Crippen LogP contribution >= 0.6 is 11.6 Å². The van der Waals surface area contributed by atoms with Gasteiger partial charge in [-0.1, -0.05) is 41.9 Å². The molecule has 0 aliphatic rings. The molecule has 0 unspecified atom stereocenters. The molecule has 4 nitrogen and oxygen atoms in total. The maximum Gasteiger partial charge on any atom is 0.343 e. The number of anilines is 1. The molecule has 0 aliphatic heterocycles. The first kappa shape index (κ1) is 13.4. The average Bonchev–Trinajstić information content (AvgIpc) is 2.40. The number of nitrogens with one attached hydrogen (secondary N) is 2. The highest BCUT2D eigenvalue weighted by Gasteiger charge is 2.01. The number of carbonyl (C=O) groups excluding carboxylic acids is 1. The Kier molecular flexibility index (Phi) is 4.78. The molecule has 0 fully saturated rings. The van der Waals surface area contributed by atoms with Gasteiger partial charge >= 0.3 is 6.03 Å². The molecule has 0 aliphatic carbocycles. The van der Waals surface area contributed by atoms with E-state index in [0.717, 1.165) is 5.56 Å². The molecular formula is C14H13ClN2O2. The molecule has 2 aromatic carbocycles. The fraction of sp³-hybridized carbons (Fsp3) is 0.0714. The molecule has 5 heteroatoms. The summed E-state index contributed by atoms with van der Waals surface area (Å²) in [6.45, 7) is 0.253. The second-order valence-electron chi connectivity index (χ2n) is 3.84. The lowest BCUT2D eigenvalue weighted by atomic mass is 10.2. The van der Waals surface area contributed by atoms with E-state index in [4.69, 9.17) is 16.4 Å². The molecule has 2 amide bonds. The number of carbonyl (C=O) groups is 1. The summed E-state index contributed by atoms with van der Waals surface area (Å²) in [4.78, 5) is 16.6. The van der Waals surface area contributed by atoms with Gasteiger partial charge in [0.05, 0.1) is 6.61 Å². The van der Waals surface area contributed by atoms with E-state index in [1.807, 2.05) is 30.3 Å². The maximum atomic E-state index is 11.5. The van der Waals surface area contributed by atoms with Crippen molar-refractivity contribution in [2.75, 3.05) is 5.32 Å². The minimum Gasteiger partial charge on any atom is -0.306 e. The Hall–Kier alpha value is -2.04. The predicted molar refractivity (Wildman–Crippen MR) is 74.8 cm³/mol. The highest BCUT2D eigenvalue weighted by molar-refractivity contribution is 6.30. The third kappa shape index (κ3) is 4.62. The number of urea groups is 1. The first-order valence-electron chi connectivity index (χ1n) is 5.72. The van der Waals surface area contributed by atoms with Crippen LogP contribution < -0.4 is 10.8 Å². The van der Waals surface area contributed by atoms with Crippen LogP contribution in [0.5, 0.6) is 0 Å². The van der Waals surface area contributed by atoms with Crippen molar-refractivity contribution in [2.45, 2.75) is 6.61 Å². The van der Waals surface area contributed by atoms with E-state index in [1.165, 1.54) is 0 Å². The molecule has 98 valence electrons. The Labute approximate surface area is 116 Å². The van der Waals surface area contributed by atoms with Crippen molar-refractivity contribution in [2.24, 2.45) is 0 Å². The van der Waals surface area contributed by atoms with E-state index in [0.29, 0.717) is 10.7 Å². The Morgan fingerprint density at radius 2 is 1.89 bits per heavy atom. The smallest absolute Gasteiger partial charge is 0.306 e. The summed E-state index contributed by atoms with van der Waals surface area (Å²) < 4.78 is 0. The molecule has 0 radical (unpaired) electrons. The van der Waals surface area contributed by atoms with Gasteiger partial charge in [-0.25, -0.2) is 10.3 Å². The van der Waals surface area contributed by atoms with Gasteiger partial charge in [-0.3, -0.25) is 4.84 Å². The number of amides is 2. The SMILES string of the molecule is O=C(NOCc1cccc(Cl)c1)Nc1ccccc1. The lowest BCUT2D eigenvalue weighted by molar-refractivity contribution is 0.0536. The van der Waals surface area contributed by atoms with Gasteiger partial charge in [-0.05, 0) is 29.8 Å². The summed E-state index contributed by atoms with van der Waals surface area (Å²) >= 11 is 5.84. The zero-order valence-electron chi connectivity index (χ0n) is 10.1. The average molecular weight is 277 g/mol. The number of para-hydroxylation sites is 1. The van der Waals surface area contributed by atoms with Gasteiger partial charge in [0.2, 0.25) is 0 Å². The van der Waals surface area contributed by atoms with Gasteiger partial charge in [0.1, 0.15) is 0 Å². The van der Waals surface area contributed by atoms with Crippen LogP contribution in [0.1, 0.15) is 5.56 Å². The molecule has 0 heterocycles. The van der Waals surface area contributed by atoms with Crippen molar-refractivity contribution < 1.29 is 9.63 Å². The van der Waals surface area contributed by atoms with Crippen molar-refractivity contribution in [3.8, 4) is 0 Å². The summed E-state index contributed by atoms with van der Waals surface area (Å²) in [5, 5.41) is 3.27. The van der Waals surface area contributed by atoms with E-state index in [1.54, 1.807) is 24.3 Å². The quantitative estimate of drug-likeness (QED) is 0.839. The monoisotopic (exact) mass is 276 g/mol. The van der Waals surface area contributed by atoms with E-state index in [-0.39, 0.29) is 6.61 Å². The number of rotatable bonds is 4. The van der Waals surface area contributed by atoms with E-state index < -0.39 is 6.03 Å². The van der Waals surface area contributed by atoms with Gasteiger partial charge in [0.15, 0.2) is 0 Å². The van der Waals surface area contributed by atoms with Gasteiger partial charge in [0.25, 0.3) is 0 Å². The summed E-state index contributed by atoms with van der Waals surface area (Å²) in [6, 6.07) is 15.9. The molecule has 2 rings (SSSR count). The number of hydrogen-bond donors (Lipinski definition) is 2. The van der Waals surface area contributed by atoms with Crippen molar-refractivity contribution in [1.29, 1.82) is 0 Å². The maximum absolute atomic E-state index is 11.5. The topological polar surface area (TPSA) is 50.4 Å². The van der Waals surface area contributed by atoms with Crippen molar-refractivity contribution in [3.05, 3.63) is 65.2 Å². The number of benzene rings is 2. The highest BCUT2D eigenvalue weighted by atomic mass is 35.5. The predicted octanol–water partition coefficient (Wildman–Crippen LogP) is 3.59. The Balaban J connectivity index is 1.75. The highest BCUT2D eigenvalue weighted by Crippen LogP contribution is 2.11. The van der Waals surface area contributed by atoms with Gasteiger partial charge < -0.3 is 5.32 Å². The third-order valence-corrected chi connectivity index (χ3v) is 2.56. The summed E-state index contributed by atoms with van der Waals surface area (Å²) in [7, 11) is 0. The largest absolute Gasteiger partial charge is 0.343 e. The molecule has 0 saturated carbocycles. The summed E-state index contributed by atoms with van der Waals surface area (Å²) in [5.74, 6) is 0. The minimum atomic E-state index is -0.423. The van der Waals surface area contributed by atoms with Gasteiger partial charge in [-0.15, -0.1) is 0 Å². The van der Waals surface area contributed by atoms with E-state index in [9.17, 15) is 4.79 Å². The second kappa shape index (κ2) is 6.78. The Morgan fingerprint density at radius 1 is 1.11 bits per heavy atom. The molecule has 19 heavy (non-hydrogen) atoms. The molecular weight excluding hydrogens is 264 g/mol. The van der Waals surface area contributed by atoms with Crippen molar-refractivity contribution in [3.63, 3.8) is 0 Å². The molecule has 0 atom stereocenters. The van der Waals surface area contributed by atoms with Crippen LogP contribution in [0.3, 0.4) is 0 Å². The molecule has 2 N–H and O–H groups in total. The zero-order valence-corrected chi connectivity index (χ0v) is 10.9. The van der Waals surface area contributed by atoms with Crippen molar-refractivity contribution >= 4 is 23.3 Å². The number of halogens is 1. The van der Waals surface area contributed by atoms with Crippen molar-refractivity contribution in [1.82, 2.24) is 5.48 Å². The van der Waals surface area contributed by atoms with Crippen LogP contribution in [0.2, 0.25) is 5.02 Å². The van der Waals surface area contributed by atoms with E-state index in [2.05, 4.69) is 10.8 Å².